The molecule has 1 saturated carbocycles. The van der Waals surface area contributed by atoms with Gasteiger partial charge in [0.05, 0.1) is 5.75 Å². The van der Waals surface area contributed by atoms with Crippen LogP contribution in [-0.4, -0.2) is 26.8 Å². The SMILES string of the molecule is CCC(CC)CS(=O)(=O)NC1CCCC1CN.Cl. The Labute approximate surface area is 118 Å². The predicted octanol–water partition coefficient (Wildman–Crippen LogP) is 1.89. The molecule has 1 aliphatic carbocycles. The second-order valence-electron chi connectivity index (χ2n) is 5.11. The van der Waals surface area contributed by atoms with Crippen LogP contribution in [0.1, 0.15) is 46.0 Å². The molecule has 0 radical (unpaired) electrons. The Balaban J connectivity index is 0.00000289. The average molecular weight is 299 g/mol. The van der Waals surface area contributed by atoms with E-state index >= 15 is 0 Å². The van der Waals surface area contributed by atoms with Crippen molar-refractivity contribution in [3.63, 3.8) is 0 Å². The van der Waals surface area contributed by atoms with Crippen molar-refractivity contribution in [1.82, 2.24) is 4.72 Å². The highest BCUT2D eigenvalue weighted by Gasteiger charge is 2.30. The molecule has 1 rings (SSSR count). The second-order valence-corrected chi connectivity index (χ2v) is 6.91. The third-order valence-electron chi connectivity index (χ3n) is 3.90. The molecular formula is C12H27ClN2O2S. The summed E-state index contributed by atoms with van der Waals surface area (Å²) in [4.78, 5) is 0. The molecule has 0 aromatic heterocycles. The third kappa shape index (κ3) is 5.43. The Hall–Kier alpha value is 0.160. The van der Waals surface area contributed by atoms with Crippen LogP contribution in [0.25, 0.3) is 0 Å². The van der Waals surface area contributed by atoms with E-state index in [-0.39, 0.29) is 30.1 Å². The molecule has 0 amide bonds. The van der Waals surface area contributed by atoms with E-state index in [1.165, 1.54) is 0 Å². The molecule has 0 aliphatic heterocycles. The maximum absolute atomic E-state index is 12.0. The highest BCUT2D eigenvalue weighted by atomic mass is 35.5. The van der Waals surface area contributed by atoms with Crippen LogP contribution in [0.2, 0.25) is 0 Å². The third-order valence-corrected chi connectivity index (χ3v) is 5.47. The van der Waals surface area contributed by atoms with Gasteiger partial charge in [0.2, 0.25) is 10.0 Å². The van der Waals surface area contributed by atoms with Crippen LogP contribution in [0.15, 0.2) is 0 Å². The predicted molar refractivity (Wildman–Crippen MR) is 78.4 cm³/mol. The van der Waals surface area contributed by atoms with Crippen LogP contribution in [0.3, 0.4) is 0 Å². The standard InChI is InChI=1S/C12H26N2O2S.ClH/c1-3-10(4-2)9-17(15,16)14-12-7-5-6-11(12)8-13;/h10-12,14H,3-9,13H2,1-2H3;1H. The van der Waals surface area contributed by atoms with Gasteiger partial charge in [-0.3, -0.25) is 0 Å². The summed E-state index contributed by atoms with van der Waals surface area (Å²) < 4.78 is 26.9. The van der Waals surface area contributed by atoms with Gasteiger partial charge in [-0.15, -0.1) is 12.4 Å². The molecule has 4 nitrogen and oxygen atoms in total. The van der Waals surface area contributed by atoms with Crippen LogP contribution in [0.5, 0.6) is 0 Å². The highest BCUT2D eigenvalue weighted by molar-refractivity contribution is 7.89. The van der Waals surface area contributed by atoms with Crippen LogP contribution < -0.4 is 10.5 Å². The molecular weight excluding hydrogens is 272 g/mol. The lowest BCUT2D eigenvalue weighted by Crippen LogP contribution is -2.41. The largest absolute Gasteiger partial charge is 0.330 e. The number of sulfonamides is 1. The summed E-state index contributed by atoms with van der Waals surface area (Å²) in [5, 5.41) is 0. The number of nitrogens with two attached hydrogens (primary N) is 1. The molecule has 0 aromatic carbocycles. The van der Waals surface area contributed by atoms with E-state index in [1.54, 1.807) is 0 Å². The molecule has 6 heteroatoms. The van der Waals surface area contributed by atoms with Crippen molar-refractivity contribution in [2.75, 3.05) is 12.3 Å². The first kappa shape index (κ1) is 18.2. The van der Waals surface area contributed by atoms with E-state index < -0.39 is 10.0 Å². The van der Waals surface area contributed by atoms with Gasteiger partial charge in [0, 0.05) is 6.04 Å². The maximum Gasteiger partial charge on any atom is 0.212 e. The van der Waals surface area contributed by atoms with Gasteiger partial charge in [-0.2, -0.15) is 0 Å². The van der Waals surface area contributed by atoms with Gasteiger partial charge in [0.15, 0.2) is 0 Å². The Bertz CT molecular complexity index is 318. The fourth-order valence-corrected chi connectivity index (χ4v) is 4.55. The summed E-state index contributed by atoms with van der Waals surface area (Å²) in [6, 6.07) is 0.0689. The monoisotopic (exact) mass is 298 g/mol. The Morgan fingerprint density at radius 2 is 1.89 bits per heavy atom. The molecule has 2 atom stereocenters. The van der Waals surface area contributed by atoms with Crippen molar-refractivity contribution in [2.24, 2.45) is 17.6 Å². The number of nitrogens with one attached hydrogen (secondary N) is 1. The first-order valence-electron chi connectivity index (χ1n) is 6.72. The molecule has 0 aromatic rings. The Morgan fingerprint density at radius 3 is 2.39 bits per heavy atom. The van der Waals surface area contributed by atoms with E-state index in [0.29, 0.717) is 12.5 Å². The summed E-state index contributed by atoms with van der Waals surface area (Å²) in [5.74, 6) is 0.852. The van der Waals surface area contributed by atoms with E-state index in [4.69, 9.17) is 5.73 Å². The second kappa shape index (κ2) is 8.35. The molecule has 0 saturated heterocycles. The lowest BCUT2D eigenvalue weighted by atomic mass is 10.1. The minimum absolute atomic E-state index is 0. The van der Waals surface area contributed by atoms with Crippen molar-refractivity contribution in [2.45, 2.75) is 52.0 Å². The Morgan fingerprint density at radius 1 is 1.28 bits per heavy atom. The van der Waals surface area contributed by atoms with Crippen LogP contribution in [0.4, 0.5) is 0 Å². The fraction of sp³-hybridized carbons (Fsp3) is 1.00. The molecule has 110 valence electrons. The normalized spacial score (nSPS) is 24.2. The van der Waals surface area contributed by atoms with E-state index in [1.807, 2.05) is 13.8 Å². The van der Waals surface area contributed by atoms with Crippen molar-refractivity contribution >= 4 is 22.4 Å². The topological polar surface area (TPSA) is 72.2 Å². The zero-order chi connectivity index (χ0) is 12.9. The van der Waals surface area contributed by atoms with Gasteiger partial charge >= 0.3 is 0 Å². The maximum atomic E-state index is 12.0. The molecule has 18 heavy (non-hydrogen) atoms. The molecule has 2 unspecified atom stereocenters. The van der Waals surface area contributed by atoms with Crippen LogP contribution in [-0.2, 0) is 10.0 Å². The molecule has 0 spiro atoms. The summed E-state index contributed by atoms with van der Waals surface area (Å²) in [7, 11) is -3.14. The first-order chi connectivity index (χ1) is 8.02. The molecule has 1 fully saturated rings. The van der Waals surface area contributed by atoms with Crippen LogP contribution >= 0.6 is 12.4 Å². The van der Waals surface area contributed by atoms with Crippen molar-refractivity contribution in [3.8, 4) is 0 Å². The zero-order valence-electron chi connectivity index (χ0n) is 11.4. The van der Waals surface area contributed by atoms with E-state index in [0.717, 1.165) is 32.1 Å². The fourth-order valence-electron chi connectivity index (χ4n) is 2.59. The number of hydrogen-bond donors (Lipinski definition) is 2. The zero-order valence-corrected chi connectivity index (χ0v) is 13.0. The number of halogens is 1. The van der Waals surface area contributed by atoms with E-state index in [9.17, 15) is 8.42 Å². The highest BCUT2D eigenvalue weighted by Crippen LogP contribution is 2.25. The molecule has 0 heterocycles. The van der Waals surface area contributed by atoms with Crippen LogP contribution in [0, 0.1) is 11.8 Å². The summed E-state index contributed by atoms with van der Waals surface area (Å²) in [6.07, 6.45) is 4.91. The molecule has 3 N–H and O–H groups in total. The quantitative estimate of drug-likeness (QED) is 0.754. The van der Waals surface area contributed by atoms with Gasteiger partial charge in [0.25, 0.3) is 0 Å². The summed E-state index contributed by atoms with van der Waals surface area (Å²) in [6.45, 7) is 4.67. The van der Waals surface area contributed by atoms with Gasteiger partial charge in [-0.25, -0.2) is 13.1 Å². The summed E-state index contributed by atoms with van der Waals surface area (Å²) >= 11 is 0. The number of rotatable bonds is 7. The molecule has 1 aliphatic rings. The van der Waals surface area contributed by atoms with Crippen molar-refractivity contribution < 1.29 is 8.42 Å². The Kier molecular flexibility index (Phi) is 8.43. The van der Waals surface area contributed by atoms with Gasteiger partial charge in [-0.05, 0) is 31.2 Å². The van der Waals surface area contributed by atoms with Gasteiger partial charge < -0.3 is 5.73 Å². The molecule has 0 bridgehead atoms. The minimum atomic E-state index is -3.14. The first-order valence-corrected chi connectivity index (χ1v) is 8.37. The van der Waals surface area contributed by atoms with Gasteiger partial charge in [-0.1, -0.05) is 33.1 Å². The summed E-state index contributed by atoms with van der Waals surface area (Å²) in [5.41, 5.74) is 5.66. The average Bonchev–Trinajstić information content (AvgIpc) is 2.72. The van der Waals surface area contributed by atoms with Crippen molar-refractivity contribution in [3.05, 3.63) is 0 Å². The smallest absolute Gasteiger partial charge is 0.212 e. The lowest BCUT2D eigenvalue weighted by molar-refractivity contribution is 0.446. The lowest BCUT2D eigenvalue weighted by Gasteiger charge is -2.21. The number of hydrogen-bond acceptors (Lipinski definition) is 3. The van der Waals surface area contributed by atoms with Gasteiger partial charge in [0.1, 0.15) is 0 Å². The minimum Gasteiger partial charge on any atom is -0.330 e. The van der Waals surface area contributed by atoms with E-state index in [2.05, 4.69) is 4.72 Å². The van der Waals surface area contributed by atoms with Crippen molar-refractivity contribution in [1.29, 1.82) is 0 Å².